The Balaban J connectivity index is 1.32. The van der Waals surface area contributed by atoms with Gasteiger partial charge in [-0.25, -0.2) is 8.42 Å². The Morgan fingerprint density at radius 3 is 2.46 bits per heavy atom. The van der Waals surface area contributed by atoms with Crippen LogP contribution in [-0.2, 0) is 32.6 Å². The summed E-state index contributed by atoms with van der Waals surface area (Å²) in [4.78, 5) is 30.2. The second-order valence-corrected chi connectivity index (χ2v) is 12.4. The highest BCUT2D eigenvalue weighted by Crippen LogP contribution is 2.30. The fourth-order valence-electron chi connectivity index (χ4n) is 6.06. The Bertz CT molecular complexity index is 1280. The van der Waals surface area contributed by atoms with Crippen molar-refractivity contribution in [1.82, 2.24) is 19.0 Å². The van der Waals surface area contributed by atoms with Crippen LogP contribution in [0.25, 0.3) is 0 Å². The van der Waals surface area contributed by atoms with Crippen molar-refractivity contribution in [2.24, 2.45) is 5.92 Å². The molecule has 3 aliphatic heterocycles. The minimum atomic E-state index is -3.86. The first kappa shape index (κ1) is 25.9. The zero-order valence-electron chi connectivity index (χ0n) is 21.9. The van der Waals surface area contributed by atoms with E-state index in [1.54, 1.807) is 18.7 Å². The highest BCUT2D eigenvalue weighted by atomic mass is 32.2. The van der Waals surface area contributed by atoms with Gasteiger partial charge in [0, 0.05) is 38.4 Å². The molecule has 4 heterocycles. The monoisotopic (exact) mass is 527 g/mol. The van der Waals surface area contributed by atoms with Crippen LogP contribution < -0.4 is 4.90 Å². The third-order valence-corrected chi connectivity index (χ3v) is 10.2. The molecule has 0 aliphatic carbocycles. The maximum absolute atomic E-state index is 13.8. The molecule has 2 saturated heterocycles. The molecule has 0 N–H and O–H groups in total. The Morgan fingerprint density at radius 2 is 1.70 bits per heavy atom. The zero-order valence-corrected chi connectivity index (χ0v) is 22.7. The molecular formula is C27H37N5O4S. The fraction of sp³-hybridized carbons (Fsp3) is 0.593. The number of carbonyl (C=O) groups excluding carboxylic acids is 2. The van der Waals surface area contributed by atoms with Gasteiger partial charge in [-0.15, -0.1) is 0 Å². The summed E-state index contributed by atoms with van der Waals surface area (Å²) in [5, 5.41) is 4.46. The van der Waals surface area contributed by atoms with Gasteiger partial charge in [0.05, 0.1) is 17.3 Å². The molecule has 1 aromatic carbocycles. The molecule has 10 heteroatoms. The molecule has 0 saturated carbocycles. The number of sulfonamides is 1. The number of benzene rings is 1. The number of rotatable bonds is 5. The Labute approximate surface area is 219 Å². The Hall–Kier alpha value is -2.72. The predicted molar refractivity (Wildman–Crippen MR) is 141 cm³/mol. The molecule has 5 rings (SSSR count). The molecule has 37 heavy (non-hydrogen) atoms. The maximum Gasteiger partial charge on any atom is 0.248 e. The fourth-order valence-corrected chi connectivity index (χ4v) is 7.96. The lowest BCUT2D eigenvalue weighted by Gasteiger charge is -2.34. The van der Waals surface area contributed by atoms with E-state index in [1.165, 1.54) is 8.99 Å². The average Bonchev–Trinajstić information content (AvgIpc) is 3.31. The van der Waals surface area contributed by atoms with Gasteiger partial charge in [-0.05, 0) is 57.6 Å². The van der Waals surface area contributed by atoms with E-state index >= 15 is 0 Å². The molecule has 9 nitrogen and oxygen atoms in total. The van der Waals surface area contributed by atoms with Gasteiger partial charge in [0.2, 0.25) is 21.8 Å². The predicted octanol–water partition coefficient (Wildman–Crippen LogP) is 2.89. The lowest BCUT2D eigenvalue weighted by Crippen LogP contribution is -2.47. The van der Waals surface area contributed by atoms with Crippen molar-refractivity contribution in [3.8, 4) is 0 Å². The van der Waals surface area contributed by atoms with Gasteiger partial charge in [-0.1, -0.05) is 31.0 Å². The average molecular weight is 528 g/mol. The number of piperidine rings is 1. The summed E-state index contributed by atoms with van der Waals surface area (Å²) in [6.07, 6.45) is 6.49. The summed E-state index contributed by atoms with van der Waals surface area (Å²) in [7, 11) is -3.86. The molecular weight excluding hydrogens is 490 g/mol. The van der Waals surface area contributed by atoms with E-state index in [9.17, 15) is 18.0 Å². The van der Waals surface area contributed by atoms with Gasteiger partial charge < -0.3 is 9.80 Å². The Kier molecular flexibility index (Phi) is 7.40. The van der Waals surface area contributed by atoms with E-state index < -0.39 is 10.0 Å². The molecule has 3 aliphatic rings. The molecule has 2 aromatic rings. The third-order valence-electron chi connectivity index (χ3n) is 8.04. The van der Waals surface area contributed by atoms with Crippen LogP contribution in [0, 0.1) is 19.8 Å². The molecule has 1 aromatic heterocycles. The van der Waals surface area contributed by atoms with Crippen LogP contribution in [0.1, 0.15) is 55.5 Å². The van der Waals surface area contributed by atoms with Crippen LogP contribution in [-0.4, -0.2) is 71.9 Å². The second kappa shape index (κ2) is 10.6. The lowest BCUT2D eigenvalue weighted by molar-refractivity contribution is -0.136. The number of nitrogens with zero attached hydrogens (tertiary/aromatic N) is 5. The van der Waals surface area contributed by atoms with Crippen molar-refractivity contribution in [2.75, 3.05) is 37.6 Å². The van der Waals surface area contributed by atoms with E-state index in [2.05, 4.69) is 5.10 Å². The van der Waals surface area contributed by atoms with Crippen LogP contribution in [0.4, 0.5) is 5.69 Å². The van der Waals surface area contributed by atoms with Crippen LogP contribution >= 0.6 is 0 Å². The van der Waals surface area contributed by atoms with Crippen molar-refractivity contribution in [2.45, 2.75) is 70.2 Å². The maximum atomic E-state index is 13.8. The van der Waals surface area contributed by atoms with Gasteiger partial charge in [0.15, 0.2) is 0 Å². The number of amides is 2. The van der Waals surface area contributed by atoms with Gasteiger partial charge in [-0.3, -0.25) is 14.3 Å². The molecule has 0 bridgehead atoms. The summed E-state index contributed by atoms with van der Waals surface area (Å²) in [5.41, 5.74) is 2.89. The number of anilines is 1. The van der Waals surface area contributed by atoms with Crippen molar-refractivity contribution >= 4 is 27.5 Å². The number of hydrogen-bond donors (Lipinski definition) is 0. The van der Waals surface area contributed by atoms with Crippen LogP contribution in [0.15, 0.2) is 29.2 Å². The summed E-state index contributed by atoms with van der Waals surface area (Å²) in [5.74, 6) is -0.336. The van der Waals surface area contributed by atoms with Crippen molar-refractivity contribution in [1.29, 1.82) is 0 Å². The van der Waals surface area contributed by atoms with E-state index in [0.717, 1.165) is 56.4 Å². The Morgan fingerprint density at radius 1 is 0.973 bits per heavy atom. The van der Waals surface area contributed by atoms with Crippen LogP contribution in [0.2, 0.25) is 0 Å². The van der Waals surface area contributed by atoms with Crippen molar-refractivity contribution in [3.63, 3.8) is 0 Å². The molecule has 200 valence electrons. The molecule has 2 amide bonds. The summed E-state index contributed by atoms with van der Waals surface area (Å²) in [6.45, 7) is 6.10. The quantitative estimate of drug-likeness (QED) is 0.596. The van der Waals surface area contributed by atoms with E-state index in [4.69, 9.17) is 0 Å². The molecule has 0 spiro atoms. The van der Waals surface area contributed by atoms with E-state index in [0.29, 0.717) is 37.3 Å². The van der Waals surface area contributed by atoms with Crippen LogP contribution in [0.3, 0.4) is 0 Å². The number of likely N-dealkylation sites (tertiary alicyclic amines) is 1. The van der Waals surface area contributed by atoms with Gasteiger partial charge >= 0.3 is 0 Å². The minimum Gasteiger partial charge on any atom is -0.342 e. The summed E-state index contributed by atoms with van der Waals surface area (Å²) < 4.78 is 30.6. The zero-order chi connectivity index (χ0) is 26.2. The standard InChI is InChI=1S/C27H37N5O4S/c1-20-26(21(2)32(28-20)19-25(33)31-17-13-22-10-5-6-12-24(22)31)37(35,36)30-16-9-11-23(18-30)27(34)29-14-7-3-4-8-15-29/h5-6,10,12,23H,3-4,7-9,11,13-19H2,1-2H3. The molecule has 1 unspecified atom stereocenters. The number of para-hydroxylation sites is 1. The smallest absolute Gasteiger partial charge is 0.248 e. The van der Waals surface area contributed by atoms with E-state index in [-0.39, 0.29) is 35.7 Å². The topological polar surface area (TPSA) is 95.8 Å². The SMILES string of the molecule is Cc1nn(CC(=O)N2CCc3ccccc32)c(C)c1S(=O)(=O)N1CCCC(C(=O)N2CCCCCC2)C1. The normalized spacial score (nSPS) is 21.1. The van der Waals surface area contributed by atoms with Gasteiger partial charge in [0.25, 0.3) is 0 Å². The second-order valence-electron chi connectivity index (χ2n) is 10.5. The first-order valence-electron chi connectivity index (χ1n) is 13.5. The summed E-state index contributed by atoms with van der Waals surface area (Å²) >= 11 is 0. The number of fused-ring (bicyclic) bond motifs is 1. The lowest BCUT2D eigenvalue weighted by atomic mass is 9.98. The van der Waals surface area contributed by atoms with Crippen LogP contribution in [0.5, 0.6) is 0 Å². The molecule has 1 atom stereocenters. The molecule has 2 fully saturated rings. The van der Waals surface area contributed by atoms with Gasteiger partial charge in [0.1, 0.15) is 11.4 Å². The largest absolute Gasteiger partial charge is 0.342 e. The first-order valence-corrected chi connectivity index (χ1v) is 14.9. The number of aromatic nitrogens is 2. The highest BCUT2D eigenvalue weighted by molar-refractivity contribution is 7.89. The highest BCUT2D eigenvalue weighted by Gasteiger charge is 2.38. The number of carbonyl (C=O) groups is 2. The minimum absolute atomic E-state index is 0.0212. The summed E-state index contributed by atoms with van der Waals surface area (Å²) in [6, 6.07) is 7.86. The molecule has 0 radical (unpaired) electrons. The number of aryl methyl sites for hydroxylation is 1. The van der Waals surface area contributed by atoms with Gasteiger partial charge in [-0.2, -0.15) is 9.40 Å². The third kappa shape index (κ3) is 5.05. The van der Waals surface area contributed by atoms with E-state index in [1.807, 2.05) is 29.2 Å². The van der Waals surface area contributed by atoms with Crippen molar-refractivity contribution < 1.29 is 18.0 Å². The van der Waals surface area contributed by atoms with Crippen molar-refractivity contribution in [3.05, 3.63) is 41.2 Å². The first-order chi connectivity index (χ1) is 17.8. The number of hydrogen-bond acceptors (Lipinski definition) is 5.